The second-order valence-corrected chi connectivity index (χ2v) is 11.7. The summed E-state index contributed by atoms with van der Waals surface area (Å²) in [6.07, 6.45) is 0.620. The molecule has 1 atom stereocenters. The van der Waals surface area contributed by atoms with Crippen LogP contribution in [-0.4, -0.2) is 22.0 Å². The molecular formula is C30H23Cl2N3O2S2. The van der Waals surface area contributed by atoms with E-state index < -0.39 is 0 Å². The molecule has 4 aromatic carbocycles. The average Bonchev–Trinajstić information content (AvgIpc) is 3.41. The summed E-state index contributed by atoms with van der Waals surface area (Å²) < 4.78 is 0. The summed E-state index contributed by atoms with van der Waals surface area (Å²) in [7, 11) is 0. The van der Waals surface area contributed by atoms with Crippen LogP contribution in [0.5, 0.6) is 0 Å². The number of rotatable bonds is 8. The van der Waals surface area contributed by atoms with Gasteiger partial charge < -0.3 is 10.6 Å². The standard InChI is InChI=1S/C30H23Cl2N3O2S2/c1-2-27(29(37)35-30-34-26(17-38-30)20-12-13-24(31)25(32)15-20)39-23-9-5-8-22(16-23)33-28(36)21-11-10-18-6-3-4-7-19(18)14-21/h3-17,27H,2H2,1H3,(H,33,36)(H,34,35,37). The Kier molecular flexibility index (Phi) is 8.53. The smallest absolute Gasteiger partial charge is 0.255 e. The monoisotopic (exact) mass is 591 g/mol. The Morgan fingerprint density at radius 3 is 2.51 bits per heavy atom. The van der Waals surface area contributed by atoms with Crippen LogP contribution in [0.4, 0.5) is 10.8 Å². The van der Waals surface area contributed by atoms with Crippen LogP contribution in [0.2, 0.25) is 10.0 Å². The molecule has 2 amide bonds. The number of hydrogen-bond acceptors (Lipinski definition) is 5. The molecule has 196 valence electrons. The van der Waals surface area contributed by atoms with Crippen LogP contribution >= 0.6 is 46.3 Å². The molecule has 2 N–H and O–H groups in total. The molecule has 9 heteroatoms. The number of carbonyl (C=O) groups is 2. The first-order chi connectivity index (χ1) is 18.9. The van der Waals surface area contributed by atoms with E-state index in [1.807, 2.05) is 85.1 Å². The van der Waals surface area contributed by atoms with Gasteiger partial charge in [0.1, 0.15) is 0 Å². The van der Waals surface area contributed by atoms with Gasteiger partial charge in [0.05, 0.1) is 21.0 Å². The topological polar surface area (TPSA) is 71.1 Å². The van der Waals surface area contributed by atoms with Crippen molar-refractivity contribution < 1.29 is 9.59 Å². The van der Waals surface area contributed by atoms with Crippen molar-refractivity contribution >= 4 is 79.7 Å². The third-order valence-electron chi connectivity index (χ3n) is 5.99. The maximum absolute atomic E-state index is 13.1. The maximum Gasteiger partial charge on any atom is 0.255 e. The molecule has 0 spiro atoms. The Labute approximate surface area is 244 Å². The van der Waals surface area contributed by atoms with Gasteiger partial charge in [0.25, 0.3) is 5.91 Å². The van der Waals surface area contributed by atoms with E-state index in [0.29, 0.717) is 38.5 Å². The second-order valence-electron chi connectivity index (χ2n) is 8.71. The van der Waals surface area contributed by atoms with Gasteiger partial charge in [-0.15, -0.1) is 23.1 Å². The highest BCUT2D eigenvalue weighted by molar-refractivity contribution is 8.00. The zero-order valence-electron chi connectivity index (χ0n) is 20.8. The minimum atomic E-state index is -0.339. The summed E-state index contributed by atoms with van der Waals surface area (Å²) in [5.74, 6) is -0.322. The van der Waals surface area contributed by atoms with Crippen LogP contribution in [0.25, 0.3) is 22.0 Å². The van der Waals surface area contributed by atoms with E-state index in [1.54, 1.807) is 12.1 Å². The number of hydrogen-bond donors (Lipinski definition) is 2. The fourth-order valence-corrected chi connectivity index (χ4v) is 6.01. The molecular weight excluding hydrogens is 569 g/mol. The van der Waals surface area contributed by atoms with Crippen molar-refractivity contribution in [3.05, 3.63) is 106 Å². The normalized spacial score (nSPS) is 11.8. The lowest BCUT2D eigenvalue weighted by Gasteiger charge is -2.14. The minimum Gasteiger partial charge on any atom is -0.322 e. The third kappa shape index (κ3) is 6.62. The van der Waals surface area contributed by atoms with Crippen molar-refractivity contribution in [3.63, 3.8) is 0 Å². The lowest BCUT2D eigenvalue weighted by Crippen LogP contribution is -2.24. The summed E-state index contributed by atoms with van der Waals surface area (Å²) in [5.41, 5.74) is 2.79. The van der Waals surface area contributed by atoms with E-state index in [-0.39, 0.29) is 17.1 Å². The fourth-order valence-electron chi connectivity index (χ4n) is 3.97. The van der Waals surface area contributed by atoms with Gasteiger partial charge in [-0.2, -0.15) is 0 Å². The van der Waals surface area contributed by atoms with Gasteiger partial charge in [-0.1, -0.05) is 72.6 Å². The van der Waals surface area contributed by atoms with Crippen LogP contribution in [0.1, 0.15) is 23.7 Å². The Hall–Kier alpha value is -3.36. The van der Waals surface area contributed by atoms with Crippen LogP contribution in [0, 0.1) is 0 Å². The molecule has 0 aliphatic heterocycles. The Morgan fingerprint density at radius 2 is 1.72 bits per heavy atom. The number of amides is 2. The van der Waals surface area contributed by atoms with Crippen molar-refractivity contribution in [2.45, 2.75) is 23.5 Å². The van der Waals surface area contributed by atoms with Crippen molar-refractivity contribution in [1.29, 1.82) is 0 Å². The van der Waals surface area contributed by atoms with E-state index in [2.05, 4.69) is 15.6 Å². The number of thiazole rings is 1. The summed E-state index contributed by atoms with van der Waals surface area (Å²) in [6, 6.07) is 26.4. The first-order valence-corrected chi connectivity index (χ1v) is 14.7. The van der Waals surface area contributed by atoms with Gasteiger partial charge in [0.15, 0.2) is 5.13 Å². The predicted molar refractivity (Wildman–Crippen MR) is 164 cm³/mol. The number of halogens is 2. The number of nitrogens with zero attached hydrogens (tertiary/aromatic N) is 1. The Balaban J connectivity index is 1.23. The quantitative estimate of drug-likeness (QED) is 0.176. The van der Waals surface area contributed by atoms with E-state index in [0.717, 1.165) is 21.2 Å². The van der Waals surface area contributed by atoms with Crippen LogP contribution in [-0.2, 0) is 4.79 Å². The molecule has 0 saturated carbocycles. The number of aromatic nitrogens is 1. The van der Waals surface area contributed by atoms with Crippen molar-refractivity contribution in [2.75, 3.05) is 10.6 Å². The molecule has 0 bridgehead atoms. The zero-order valence-corrected chi connectivity index (χ0v) is 23.9. The average molecular weight is 593 g/mol. The van der Waals surface area contributed by atoms with Gasteiger partial charge in [0.2, 0.25) is 5.91 Å². The predicted octanol–water partition coefficient (Wildman–Crippen LogP) is 9.03. The number of thioether (sulfide) groups is 1. The molecule has 39 heavy (non-hydrogen) atoms. The summed E-state index contributed by atoms with van der Waals surface area (Å²) in [6.45, 7) is 1.96. The Bertz CT molecular complexity index is 1670. The van der Waals surface area contributed by atoms with E-state index in [4.69, 9.17) is 23.2 Å². The minimum absolute atomic E-state index is 0.136. The molecule has 5 rings (SSSR count). The molecule has 1 aromatic heterocycles. The van der Waals surface area contributed by atoms with Crippen molar-refractivity contribution in [1.82, 2.24) is 4.98 Å². The van der Waals surface area contributed by atoms with Gasteiger partial charge in [-0.3, -0.25) is 9.59 Å². The number of nitrogens with one attached hydrogen (secondary N) is 2. The van der Waals surface area contributed by atoms with Gasteiger partial charge >= 0.3 is 0 Å². The third-order valence-corrected chi connectivity index (χ3v) is 8.85. The number of fused-ring (bicyclic) bond motifs is 1. The van der Waals surface area contributed by atoms with Gasteiger partial charge in [0, 0.05) is 27.1 Å². The van der Waals surface area contributed by atoms with Crippen LogP contribution in [0.15, 0.2) is 95.2 Å². The van der Waals surface area contributed by atoms with Gasteiger partial charge in [-0.05, 0) is 59.7 Å². The van der Waals surface area contributed by atoms with Crippen molar-refractivity contribution in [3.8, 4) is 11.3 Å². The summed E-state index contributed by atoms with van der Waals surface area (Å²) in [4.78, 5) is 31.4. The largest absolute Gasteiger partial charge is 0.322 e. The lowest BCUT2D eigenvalue weighted by atomic mass is 10.1. The molecule has 0 fully saturated rings. The Morgan fingerprint density at radius 1 is 0.897 bits per heavy atom. The molecule has 5 nitrogen and oxygen atoms in total. The SMILES string of the molecule is CCC(Sc1cccc(NC(=O)c2ccc3ccccc3c2)c1)C(=O)Nc1nc(-c2ccc(Cl)c(Cl)c2)cs1. The number of benzene rings is 4. The van der Waals surface area contributed by atoms with Crippen LogP contribution in [0.3, 0.4) is 0 Å². The fraction of sp³-hybridized carbons (Fsp3) is 0.100. The second kappa shape index (κ2) is 12.2. The van der Waals surface area contributed by atoms with E-state index in [9.17, 15) is 9.59 Å². The van der Waals surface area contributed by atoms with E-state index >= 15 is 0 Å². The summed E-state index contributed by atoms with van der Waals surface area (Å²) in [5, 5.41) is 11.0. The first kappa shape index (κ1) is 27.2. The molecule has 0 aliphatic carbocycles. The molecule has 0 aliphatic rings. The van der Waals surface area contributed by atoms with Crippen molar-refractivity contribution in [2.24, 2.45) is 0 Å². The highest BCUT2D eigenvalue weighted by atomic mass is 35.5. The molecule has 1 unspecified atom stereocenters. The number of carbonyl (C=O) groups excluding carboxylic acids is 2. The summed E-state index contributed by atoms with van der Waals surface area (Å²) >= 11 is 14.9. The van der Waals surface area contributed by atoms with Crippen LogP contribution < -0.4 is 10.6 Å². The van der Waals surface area contributed by atoms with E-state index in [1.165, 1.54) is 23.1 Å². The molecule has 1 heterocycles. The highest BCUT2D eigenvalue weighted by Gasteiger charge is 2.20. The number of anilines is 2. The molecule has 0 radical (unpaired) electrons. The highest BCUT2D eigenvalue weighted by Crippen LogP contribution is 2.32. The molecule has 5 aromatic rings. The molecule has 0 saturated heterocycles. The first-order valence-electron chi connectivity index (χ1n) is 12.2. The maximum atomic E-state index is 13.1. The van der Waals surface area contributed by atoms with Gasteiger partial charge in [-0.25, -0.2) is 4.98 Å². The lowest BCUT2D eigenvalue weighted by molar-refractivity contribution is -0.115. The zero-order chi connectivity index (χ0) is 27.4.